The lowest BCUT2D eigenvalue weighted by Gasteiger charge is -2.26. The summed E-state index contributed by atoms with van der Waals surface area (Å²) in [6.07, 6.45) is -5.45. The quantitative estimate of drug-likeness (QED) is 0.448. The van der Waals surface area contributed by atoms with E-state index in [9.17, 15) is 22.0 Å². The van der Waals surface area contributed by atoms with E-state index >= 15 is 0 Å². The van der Waals surface area contributed by atoms with Crippen molar-refractivity contribution in [3.63, 3.8) is 0 Å². The van der Waals surface area contributed by atoms with Gasteiger partial charge >= 0.3 is 12.0 Å². The lowest BCUT2D eigenvalue weighted by atomic mass is 10.2. The molecule has 1 heterocycles. The smallest absolute Gasteiger partial charge is 0.303 e. The van der Waals surface area contributed by atoms with E-state index < -0.39 is 18.1 Å². The highest BCUT2D eigenvalue weighted by molar-refractivity contribution is 5.74. The third-order valence-corrected chi connectivity index (χ3v) is 1.12. The zero-order valence-corrected chi connectivity index (χ0v) is 5.41. The van der Waals surface area contributed by atoms with Gasteiger partial charge in [0.15, 0.2) is 0 Å². The van der Waals surface area contributed by atoms with E-state index in [4.69, 9.17) is 0 Å². The Kier molecular flexibility index (Phi) is 1.81. The van der Waals surface area contributed by atoms with Crippen LogP contribution in [0.15, 0.2) is 11.1 Å². The molecule has 1 unspecified atom stereocenters. The number of halogens is 5. The number of nitrogens with zero attached hydrogens (tertiary/aromatic N) is 1. The summed E-state index contributed by atoms with van der Waals surface area (Å²) in [6.45, 7) is 0. The van der Waals surface area contributed by atoms with Crippen LogP contribution in [0, 0.1) is 6.20 Å². The Balaban J connectivity index is 2.90. The molecule has 0 fully saturated rings. The number of hydrogen-bond acceptors (Lipinski definition) is 2. The molecular formula is C5H2F5N2. The molecule has 0 aromatic carbocycles. The Morgan fingerprint density at radius 2 is 2.08 bits per heavy atom. The fraction of sp³-hybridized carbons (Fsp3) is 0.400. The van der Waals surface area contributed by atoms with Gasteiger partial charge in [-0.2, -0.15) is 17.6 Å². The molecule has 0 aromatic heterocycles. The average Bonchev–Trinajstić information content (AvgIpc) is 1.83. The molecule has 0 spiro atoms. The lowest BCUT2D eigenvalue weighted by molar-refractivity contribution is -0.218. The van der Waals surface area contributed by atoms with E-state index in [-0.39, 0.29) is 6.08 Å². The first-order valence-electron chi connectivity index (χ1n) is 2.72. The van der Waals surface area contributed by atoms with E-state index in [1.54, 1.807) is 0 Å². The second-order valence-corrected chi connectivity index (χ2v) is 2.01. The van der Waals surface area contributed by atoms with Crippen molar-refractivity contribution in [1.29, 1.82) is 0 Å². The number of rotatable bonds is 0. The highest BCUT2D eigenvalue weighted by atomic mass is 19.4. The van der Waals surface area contributed by atoms with Crippen LogP contribution in [0.2, 0.25) is 0 Å². The van der Waals surface area contributed by atoms with Crippen molar-refractivity contribution in [1.82, 2.24) is 5.32 Å². The van der Waals surface area contributed by atoms with E-state index in [0.717, 1.165) is 5.32 Å². The second-order valence-electron chi connectivity index (χ2n) is 2.01. The molecule has 0 aromatic rings. The molecular weight excluding hydrogens is 183 g/mol. The molecule has 0 amide bonds. The van der Waals surface area contributed by atoms with Crippen molar-refractivity contribution in [3.05, 3.63) is 12.3 Å². The van der Waals surface area contributed by atoms with Gasteiger partial charge in [0.05, 0.1) is 6.20 Å². The number of hydrogen-bond donors (Lipinski definition) is 1. The average molecular weight is 185 g/mol. The summed E-state index contributed by atoms with van der Waals surface area (Å²) in [7, 11) is 0. The first-order chi connectivity index (χ1) is 5.35. The molecule has 2 nitrogen and oxygen atoms in total. The second kappa shape index (κ2) is 2.43. The first kappa shape index (κ1) is 8.95. The summed E-state index contributed by atoms with van der Waals surface area (Å²) in [5, 5.41) is 0.906. The summed E-state index contributed by atoms with van der Waals surface area (Å²) >= 11 is 0. The third-order valence-electron chi connectivity index (χ3n) is 1.12. The number of aliphatic imine (C=N–C) groups is 1. The van der Waals surface area contributed by atoms with Gasteiger partial charge in [0.2, 0.25) is 0 Å². The molecule has 0 saturated heterocycles. The van der Waals surface area contributed by atoms with Gasteiger partial charge in [-0.1, -0.05) is 0 Å². The molecule has 12 heavy (non-hydrogen) atoms. The minimum absolute atomic E-state index is 0.0317. The van der Waals surface area contributed by atoms with Gasteiger partial charge in [-0.25, -0.2) is 9.38 Å². The van der Waals surface area contributed by atoms with Gasteiger partial charge in [-0.3, -0.25) is 0 Å². The van der Waals surface area contributed by atoms with Crippen LogP contribution in [0.5, 0.6) is 0 Å². The SMILES string of the molecule is FC1=N[C]=CC(F)(C(F)(F)F)N1. The summed E-state index contributed by atoms with van der Waals surface area (Å²) in [5.74, 6) is -3.90. The Morgan fingerprint density at radius 1 is 1.50 bits per heavy atom. The highest BCUT2D eigenvalue weighted by Crippen LogP contribution is 2.33. The maximum atomic E-state index is 12.7. The van der Waals surface area contributed by atoms with Crippen molar-refractivity contribution < 1.29 is 22.0 Å². The highest BCUT2D eigenvalue weighted by Gasteiger charge is 2.56. The summed E-state index contributed by atoms with van der Waals surface area (Å²) in [5.41, 5.74) is 0. The van der Waals surface area contributed by atoms with Crippen molar-refractivity contribution >= 4 is 6.09 Å². The Labute approximate surface area is 63.8 Å². The third kappa shape index (κ3) is 1.39. The maximum Gasteiger partial charge on any atom is 0.446 e. The minimum Gasteiger partial charge on any atom is -0.303 e. The van der Waals surface area contributed by atoms with Crippen LogP contribution in [-0.2, 0) is 0 Å². The first-order valence-corrected chi connectivity index (χ1v) is 2.72. The zero-order valence-electron chi connectivity index (χ0n) is 5.41. The van der Waals surface area contributed by atoms with Crippen molar-refractivity contribution in [3.8, 4) is 0 Å². The van der Waals surface area contributed by atoms with Gasteiger partial charge < -0.3 is 5.32 Å². The molecule has 1 N–H and O–H groups in total. The Hall–Kier alpha value is -1.14. The fourth-order valence-electron chi connectivity index (χ4n) is 0.545. The van der Waals surface area contributed by atoms with Crippen molar-refractivity contribution in [2.75, 3.05) is 0 Å². The normalized spacial score (nSPS) is 29.6. The minimum atomic E-state index is -5.23. The van der Waals surface area contributed by atoms with Gasteiger partial charge in [0.1, 0.15) is 0 Å². The van der Waals surface area contributed by atoms with Crippen LogP contribution < -0.4 is 5.32 Å². The number of amidine groups is 1. The molecule has 0 aliphatic carbocycles. The largest absolute Gasteiger partial charge is 0.446 e. The predicted molar refractivity (Wildman–Crippen MR) is 29.4 cm³/mol. The van der Waals surface area contributed by atoms with Crippen LogP contribution in [0.4, 0.5) is 22.0 Å². The predicted octanol–water partition coefficient (Wildman–Crippen LogP) is 1.46. The van der Waals surface area contributed by atoms with E-state index in [1.807, 2.05) is 0 Å². The molecule has 67 valence electrons. The Morgan fingerprint density at radius 3 is 2.42 bits per heavy atom. The number of alkyl halides is 4. The van der Waals surface area contributed by atoms with Crippen LogP contribution in [0.3, 0.4) is 0 Å². The molecule has 0 saturated carbocycles. The van der Waals surface area contributed by atoms with Crippen LogP contribution >= 0.6 is 0 Å². The van der Waals surface area contributed by atoms with E-state index in [0.29, 0.717) is 0 Å². The maximum absolute atomic E-state index is 12.7. The van der Waals surface area contributed by atoms with Gasteiger partial charge in [0, 0.05) is 6.08 Å². The molecule has 0 bridgehead atoms. The standard InChI is InChI=1S/C5H2F5N2/c6-3-11-2-1-4(7,12-3)5(8,9)10/h1H,(H,11,12). The van der Waals surface area contributed by atoms with Gasteiger partial charge in [-0.15, -0.1) is 0 Å². The van der Waals surface area contributed by atoms with E-state index in [2.05, 4.69) is 4.99 Å². The lowest BCUT2D eigenvalue weighted by Crippen LogP contribution is -2.54. The van der Waals surface area contributed by atoms with Crippen LogP contribution in [0.25, 0.3) is 0 Å². The molecule has 1 aliphatic heterocycles. The van der Waals surface area contributed by atoms with E-state index in [1.165, 1.54) is 6.20 Å². The summed E-state index contributed by atoms with van der Waals surface area (Å²) in [4.78, 5) is 2.63. The van der Waals surface area contributed by atoms with Gasteiger partial charge in [0.25, 0.3) is 6.09 Å². The monoisotopic (exact) mass is 185 g/mol. The topological polar surface area (TPSA) is 24.4 Å². The van der Waals surface area contributed by atoms with Crippen molar-refractivity contribution in [2.24, 2.45) is 4.99 Å². The zero-order chi connectivity index (χ0) is 9.41. The molecule has 1 radical (unpaired) electrons. The summed E-state index contributed by atoms with van der Waals surface area (Å²) < 4.78 is 60.0. The molecule has 1 atom stereocenters. The Bertz CT molecular complexity index is 243. The summed E-state index contributed by atoms with van der Waals surface area (Å²) in [6, 6.07) is 0. The van der Waals surface area contributed by atoms with Crippen LogP contribution in [0.1, 0.15) is 0 Å². The molecule has 1 rings (SSSR count). The van der Waals surface area contributed by atoms with Gasteiger partial charge in [-0.05, 0) is 0 Å². The fourth-order valence-corrected chi connectivity index (χ4v) is 0.545. The molecule has 1 aliphatic rings. The number of nitrogens with one attached hydrogen (secondary N) is 1. The molecule has 7 heteroatoms. The van der Waals surface area contributed by atoms with Crippen LogP contribution in [-0.4, -0.2) is 18.1 Å². The van der Waals surface area contributed by atoms with Crippen molar-refractivity contribution in [2.45, 2.75) is 12.0 Å².